The predicted octanol–water partition coefficient (Wildman–Crippen LogP) is 1.58. The van der Waals surface area contributed by atoms with Gasteiger partial charge in [0.1, 0.15) is 6.54 Å². The molecule has 0 bridgehead atoms. The van der Waals surface area contributed by atoms with Crippen molar-refractivity contribution in [3.63, 3.8) is 0 Å². The number of piperidine rings is 1. The number of anilines is 1. The van der Waals surface area contributed by atoms with Gasteiger partial charge >= 0.3 is 0 Å². The predicted molar refractivity (Wildman–Crippen MR) is 131 cm³/mol. The van der Waals surface area contributed by atoms with E-state index < -0.39 is 0 Å². The summed E-state index contributed by atoms with van der Waals surface area (Å²) in [6, 6.07) is 4.14. The summed E-state index contributed by atoms with van der Waals surface area (Å²) in [6.45, 7) is 5.58. The van der Waals surface area contributed by atoms with E-state index >= 15 is 0 Å². The maximum absolute atomic E-state index is 11.9. The first-order valence-corrected chi connectivity index (χ1v) is 10.6. The van der Waals surface area contributed by atoms with Crippen LogP contribution in [0.2, 0.25) is 0 Å². The number of aliphatic imine (C=N–C) groups is 1. The van der Waals surface area contributed by atoms with Crippen LogP contribution in [0.5, 0.6) is 0 Å². The summed E-state index contributed by atoms with van der Waals surface area (Å²) in [4.78, 5) is 24.5. The molecule has 3 heterocycles. The largest absolute Gasteiger partial charge is 0.381 e. The number of aromatic nitrogens is 1. The number of likely N-dealkylation sites (N-methyl/N-ethyl adjacent to an activating group) is 1. The molecule has 2 N–H and O–H groups in total. The maximum Gasteiger partial charge on any atom is 0.243 e. The third-order valence-corrected chi connectivity index (χ3v) is 5.65. The third-order valence-electron chi connectivity index (χ3n) is 5.65. The number of ether oxygens (including phenoxy) is 1. The van der Waals surface area contributed by atoms with Crippen molar-refractivity contribution in [3.8, 4) is 0 Å². The van der Waals surface area contributed by atoms with Crippen LogP contribution in [0.1, 0.15) is 19.3 Å². The zero-order valence-corrected chi connectivity index (χ0v) is 20.4. The lowest BCUT2D eigenvalue weighted by molar-refractivity contribution is -0.127. The molecule has 2 saturated heterocycles. The lowest BCUT2D eigenvalue weighted by Crippen LogP contribution is -2.44. The molecule has 30 heavy (non-hydrogen) atoms. The number of amides is 1. The van der Waals surface area contributed by atoms with E-state index in [-0.39, 0.29) is 36.4 Å². The molecule has 8 nitrogen and oxygen atoms in total. The average molecular weight is 530 g/mol. The lowest BCUT2D eigenvalue weighted by Gasteiger charge is -2.33. The highest BCUT2D eigenvalue weighted by atomic mass is 127. The van der Waals surface area contributed by atoms with Crippen LogP contribution in [0.25, 0.3) is 0 Å². The summed E-state index contributed by atoms with van der Waals surface area (Å²) in [7, 11) is 3.51. The average Bonchev–Trinajstić information content (AvgIpc) is 3.27. The molecule has 0 aromatic carbocycles. The van der Waals surface area contributed by atoms with E-state index in [0.29, 0.717) is 11.8 Å². The number of pyridine rings is 1. The van der Waals surface area contributed by atoms with Crippen LogP contribution in [0.3, 0.4) is 0 Å². The summed E-state index contributed by atoms with van der Waals surface area (Å²) in [5.41, 5.74) is 1.25. The first-order valence-electron chi connectivity index (χ1n) is 10.6. The molecule has 2 aliphatic heterocycles. The lowest BCUT2D eigenvalue weighted by atomic mass is 9.96. The molecule has 2 fully saturated rings. The van der Waals surface area contributed by atoms with Gasteiger partial charge in [-0.2, -0.15) is 0 Å². The topological polar surface area (TPSA) is 82.1 Å². The molecule has 1 unspecified atom stereocenters. The molecule has 1 atom stereocenters. The number of nitrogens with zero attached hydrogens (tertiary/aromatic N) is 4. The van der Waals surface area contributed by atoms with Crippen LogP contribution < -0.4 is 15.5 Å². The van der Waals surface area contributed by atoms with Gasteiger partial charge in [0, 0.05) is 70.9 Å². The van der Waals surface area contributed by atoms with Crippen molar-refractivity contribution in [3.05, 3.63) is 24.5 Å². The Balaban J connectivity index is 0.00000320. The normalized spacial score (nSPS) is 19.9. The molecule has 9 heteroatoms. The van der Waals surface area contributed by atoms with Gasteiger partial charge in [0.05, 0.1) is 6.61 Å². The van der Waals surface area contributed by atoms with Crippen molar-refractivity contribution in [1.82, 2.24) is 20.5 Å². The van der Waals surface area contributed by atoms with Gasteiger partial charge in [-0.3, -0.25) is 9.78 Å². The quantitative estimate of drug-likeness (QED) is 0.317. The van der Waals surface area contributed by atoms with Gasteiger partial charge in [0.15, 0.2) is 5.96 Å². The van der Waals surface area contributed by atoms with Gasteiger partial charge in [0.2, 0.25) is 5.91 Å². The number of rotatable bonds is 7. The van der Waals surface area contributed by atoms with Gasteiger partial charge in [-0.15, -0.1) is 24.0 Å². The van der Waals surface area contributed by atoms with Crippen molar-refractivity contribution in [2.75, 3.05) is 64.9 Å². The minimum Gasteiger partial charge on any atom is -0.381 e. The van der Waals surface area contributed by atoms with Gasteiger partial charge in [0.25, 0.3) is 0 Å². The molecular weight excluding hydrogens is 495 g/mol. The smallest absolute Gasteiger partial charge is 0.243 e. The highest BCUT2D eigenvalue weighted by Crippen LogP contribution is 2.22. The summed E-state index contributed by atoms with van der Waals surface area (Å²) < 4.78 is 5.45. The second-order valence-corrected chi connectivity index (χ2v) is 8.08. The summed E-state index contributed by atoms with van der Waals surface area (Å²) >= 11 is 0. The highest BCUT2D eigenvalue weighted by Gasteiger charge is 2.20. The minimum absolute atomic E-state index is 0. The first-order chi connectivity index (χ1) is 14.1. The SMILES string of the molecule is CN(C)C(=O)CN=C(NCC1CCN(c2ccncc2)CC1)NCC1CCOC1.I. The zero-order valence-electron chi connectivity index (χ0n) is 18.0. The van der Waals surface area contributed by atoms with E-state index in [0.717, 1.165) is 64.6 Å². The van der Waals surface area contributed by atoms with Crippen molar-refractivity contribution >= 4 is 41.5 Å². The fraction of sp³-hybridized carbons (Fsp3) is 0.667. The Morgan fingerprint density at radius 1 is 1.17 bits per heavy atom. The van der Waals surface area contributed by atoms with Crippen LogP contribution >= 0.6 is 24.0 Å². The Hall–Kier alpha value is -1.62. The standard InChI is InChI=1S/C21H34N6O2.HI/c1-26(2)20(28)15-25-21(24-14-18-7-12-29-16-18)23-13-17-5-10-27(11-6-17)19-3-8-22-9-4-19;/h3-4,8-9,17-18H,5-7,10-16H2,1-2H3,(H2,23,24,25);1H. The molecule has 1 amide bonds. The molecule has 3 rings (SSSR count). The molecule has 0 spiro atoms. The summed E-state index contributed by atoms with van der Waals surface area (Å²) in [5, 5.41) is 6.86. The second-order valence-electron chi connectivity index (χ2n) is 8.08. The number of guanidine groups is 1. The van der Waals surface area contributed by atoms with E-state index in [1.165, 1.54) is 5.69 Å². The van der Waals surface area contributed by atoms with Crippen molar-refractivity contribution in [1.29, 1.82) is 0 Å². The number of hydrogen-bond acceptors (Lipinski definition) is 5. The Bertz CT molecular complexity index is 659. The molecule has 1 aromatic rings. The van der Waals surface area contributed by atoms with E-state index in [2.05, 4.69) is 37.6 Å². The van der Waals surface area contributed by atoms with Gasteiger partial charge < -0.3 is 25.2 Å². The monoisotopic (exact) mass is 530 g/mol. The molecule has 0 aliphatic carbocycles. The van der Waals surface area contributed by atoms with E-state index in [4.69, 9.17) is 4.74 Å². The van der Waals surface area contributed by atoms with Gasteiger partial charge in [-0.1, -0.05) is 0 Å². The van der Waals surface area contributed by atoms with Crippen LogP contribution in [-0.4, -0.2) is 81.8 Å². The number of carbonyl (C=O) groups is 1. The molecule has 1 aromatic heterocycles. The summed E-state index contributed by atoms with van der Waals surface area (Å²) in [5.74, 6) is 1.83. The van der Waals surface area contributed by atoms with Gasteiger partial charge in [-0.05, 0) is 37.3 Å². The maximum atomic E-state index is 11.9. The van der Waals surface area contributed by atoms with Crippen molar-refractivity contribution < 1.29 is 9.53 Å². The second kappa shape index (κ2) is 12.9. The molecule has 168 valence electrons. The number of nitrogens with one attached hydrogen (secondary N) is 2. The van der Waals surface area contributed by atoms with Crippen LogP contribution in [0.4, 0.5) is 5.69 Å². The number of carbonyl (C=O) groups excluding carboxylic acids is 1. The highest BCUT2D eigenvalue weighted by molar-refractivity contribution is 14.0. The first kappa shape index (κ1) is 24.6. The Morgan fingerprint density at radius 3 is 2.43 bits per heavy atom. The zero-order chi connectivity index (χ0) is 20.5. The molecule has 2 aliphatic rings. The third kappa shape index (κ3) is 7.90. The number of hydrogen-bond donors (Lipinski definition) is 2. The van der Waals surface area contributed by atoms with E-state index in [1.807, 2.05) is 12.4 Å². The number of halogens is 1. The van der Waals surface area contributed by atoms with Crippen LogP contribution in [0.15, 0.2) is 29.5 Å². The Kier molecular flexibility index (Phi) is 10.6. The molecular formula is C21H35IN6O2. The van der Waals surface area contributed by atoms with Gasteiger partial charge in [-0.25, -0.2) is 4.99 Å². The van der Waals surface area contributed by atoms with Crippen molar-refractivity contribution in [2.45, 2.75) is 19.3 Å². The fourth-order valence-corrected chi connectivity index (χ4v) is 3.64. The Morgan fingerprint density at radius 2 is 1.83 bits per heavy atom. The molecule has 0 saturated carbocycles. The van der Waals surface area contributed by atoms with Crippen LogP contribution in [-0.2, 0) is 9.53 Å². The van der Waals surface area contributed by atoms with E-state index in [1.54, 1.807) is 19.0 Å². The minimum atomic E-state index is 0. The van der Waals surface area contributed by atoms with Crippen LogP contribution in [0, 0.1) is 11.8 Å². The molecule has 0 radical (unpaired) electrons. The van der Waals surface area contributed by atoms with E-state index in [9.17, 15) is 4.79 Å². The summed E-state index contributed by atoms with van der Waals surface area (Å²) in [6.07, 6.45) is 7.04. The Labute approximate surface area is 196 Å². The van der Waals surface area contributed by atoms with Crippen molar-refractivity contribution in [2.24, 2.45) is 16.8 Å². The fourth-order valence-electron chi connectivity index (χ4n) is 3.64.